The van der Waals surface area contributed by atoms with Crippen molar-refractivity contribution in [2.75, 3.05) is 32.8 Å². The minimum absolute atomic E-state index is 0.0142. The fourth-order valence-corrected chi connectivity index (χ4v) is 2.94. The Kier molecular flexibility index (Phi) is 5.87. The maximum atomic E-state index is 12.3. The van der Waals surface area contributed by atoms with E-state index in [0.717, 1.165) is 19.4 Å². The minimum Gasteiger partial charge on any atom is -0.378 e. The van der Waals surface area contributed by atoms with Crippen LogP contribution in [0.3, 0.4) is 0 Å². The number of carbonyl (C=O) groups excluding carboxylic acids is 1. The molecule has 0 unspecified atom stereocenters. The number of hydrogen-bond acceptors (Lipinski definition) is 3. The number of nitrogens with one attached hydrogen (secondary N) is 1. The number of nitrogens with zero attached hydrogens (tertiary/aromatic N) is 1. The number of ether oxygens (including phenoxy) is 1. The summed E-state index contributed by atoms with van der Waals surface area (Å²) < 4.78 is 42.2. The van der Waals surface area contributed by atoms with Gasteiger partial charge >= 0.3 is 6.18 Å². The lowest BCUT2D eigenvalue weighted by Gasteiger charge is -2.32. The van der Waals surface area contributed by atoms with Crippen molar-refractivity contribution in [3.63, 3.8) is 0 Å². The van der Waals surface area contributed by atoms with E-state index in [4.69, 9.17) is 4.74 Å². The van der Waals surface area contributed by atoms with E-state index < -0.39 is 12.7 Å². The fraction of sp³-hybridized carbons (Fsp3) is 0.929. The summed E-state index contributed by atoms with van der Waals surface area (Å²) in [5.41, 5.74) is 0. The summed E-state index contributed by atoms with van der Waals surface area (Å²) in [6.07, 6.45) is -0.334. The van der Waals surface area contributed by atoms with Crippen molar-refractivity contribution in [2.45, 2.75) is 44.4 Å². The van der Waals surface area contributed by atoms with E-state index in [1.165, 1.54) is 4.90 Å². The van der Waals surface area contributed by atoms with Crippen molar-refractivity contribution < 1.29 is 22.7 Å². The van der Waals surface area contributed by atoms with E-state index in [-0.39, 0.29) is 17.9 Å². The molecule has 4 nitrogen and oxygen atoms in total. The van der Waals surface area contributed by atoms with Gasteiger partial charge in [-0.25, -0.2) is 0 Å². The Morgan fingerprint density at radius 1 is 1.24 bits per heavy atom. The molecule has 0 saturated carbocycles. The predicted molar refractivity (Wildman–Crippen MR) is 71.8 cm³/mol. The molecule has 1 atom stereocenters. The van der Waals surface area contributed by atoms with Gasteiger partial charge in [0, 0.05) is 13.2 Å². The smallest absolute Gasteiger partial charge is 0.378 e. The molecule has 2 heterocycles. The van der Waals surface area contributed by atoms with E-state index in [9.17, 15) is 18.0 Å². The number of piperidine rings is 1. The zero-order chi connectivity index (χ0) is 15.3. The van der Waals surface area contributed by atoms with Gasteiger partial charge in [-0.15, -0.1) is 0 Å². The normalized spacial score (nSPS) is 25.2. The van der Waals surface area contributed by atoms with Crippen molar-refractivity contribution in [3.8, 4) is 0 Å². The standard InChI is InChI=1S/C14H23F3N2O2/c15-14(16,17)10-19-5-3-11(4-6-19)9-18-13(20)8-12-2-1-7-21-12/h11-12H,1-10H2,(H,18,20)/t12-/m1/s1. The molecular weight excluding hydrogens is 285 g/mol. The molecule has 0 bridgehead atoms. The van der Waals surface area contributed by atoms with Gasteiger partial charge in [0.05, 0.1) is 19.1 Å². The third kappa shape index (κ3) is 6.22. The zero-order valence-corrected chi connectivity index (χ0v) is 12.1. The SMILES string of the molecule is O=C(C[C@H]1CCCO1)NCC1CCN(CC(F)(F)F)CC1. The number of rotatable bonds is 5. The van der Waals surface area contributed by atoms with Gasteiger partial charge in [0.15, 0.2) is 0 Å². The Morgan fingerprint density at radius 3 is 2.52 bits per heavy atom. The average molecular weight is 308 g/mol. The monoisotopic (exact) mass is 308 g/mol. The molecule has 0 aromatic rings. The van der Waals surface area contributed by atoms with Crippen LogP contribution in [0.25, 0.3) is 0 Å². The first-order valence-electron chi connectivity index (χ1n) is 7.60. The van der Waals surface area contributed by atoms with Crippen LogP contribution in [-0.2, 0) is 9.53 Å². The summed E-state index contributed by atoms with van der Waals surface area (Å²) >= 11 is 0. The van der Waals surface area contributed by atoms with Gasteiger partial charge in [0.25, 0.3) is 0 Å². The van der Waals surface area contributed by atoms with Gasteiger partial charge in [-0.2, -0.15) is 13.2 Å². The summed E-state index contributed by atoms with van der Waals surface area (Å²) in [5.74, 6) is 0.266. The Bertz CT molecular complexity index is 336. The molecule has 2 fully saturated rings. The fourth-order valence-electron chi connectivity index (χ4n) is 2.94. The molecule has 7 heteroatoms. The largest absolute Gasteiger partial charge is 0.401 e. The van der Waals surface area contributed by atoms with Crippen molar-refractivity contribution in [1.82, 2.24) is 10.2 Å². The van der Waals surface area contributed by atoms with Gasteiger partial charge in [-0.1, -0.05) is 0 Å². The molecule has 0 aliphatic carbocycles. The maximum absolute atomic E-state index is 12.3. The van der Waals surface area contributed by atoms with Crippen LogP contribution in [0.1, 0.15) is 32.1 Å². The van der Waals surface area contributed by atoms with Crippen LogP contribution >= 0.6 is 0 Å². The second-order valence-electron chi connectivity index (χ2n) is 5.98. The lowest BCUT2D eigenvalue weighted by Crippen LogP contribution is -2.42. The van der Waals surface area contributed by atoms with Gasteiger partial charge in [0.1, 0.15) is 0 Å². The summed E-state index contributed by atoms with van der Waals surface area (Å²) in [4.78, 5) is 13.2. The molecule has 0 spiro atoms. The van der Waals surface area contributed by atoms with Crippen molar-refractivity contribution in [2.24, 2.45) is 5.92 Å². The number of carbonyl (C=O) groups is 1. The Balaban J connectivity index is 1.59. The van der Waals surface area contributed by atoms with Crippen LogP contribution in [0, 0.1) is 5.92 Å². The lowest BCUT2D eigenvalue weighted by atomic mass is 9.96. The molecule has 0 radical (unpaired) electrons. The Hall–Kier alpha value is -0.820. The quantitative estimate of drug-likeness (QED) is 0.844. The van der Waals surface area contributed by atoms with Gasteiger partial charge in [-0.3, -0.25) is 9.69 Å². The first kappa shape index (κ1) is 16.5. The van der Waals surface area contributed by atoms with Crippen LogP contribution in [0.4, 0.5) is 13.2 Å². The van der Waals surface area contributed by atoms with Crippen LogP contribution in [0.5, 0.6) is 0 Å². The van der Waals surface area contributed by atoms with E-state index in [2.05, 4.69) is 5.32 Å². The van der Waals surface area contributed by atoms with E-state index in [1.54, 1.807) is 0 Å². The molecule has 2 saturated heterocycles. The molecule has 1 amide bonds. The van der Waals surface area contributed by atoms with Crippen LogP contribution in [-0.4, -0.2) is 55.9 Å². The van der Waals surface area contributed by atoms with Gasteiger partial charge in [-0.05, 0) is 44.7 Å². The van der Waals surface area contributed by atoms with Crippen LogP contribution in [0.2, 0.25) is 0 Å². The summed E-state index contributed by atoms with van der Waals surface area (Å²) in [7, 11) is 0. The third-order valence-corrected chi connectivity index (χ3v) is 4.14. The van der Waals surface area contributed by atoms with Gasteiger partial charge in [0.2, 0.25) is 5.91 Å². The molecule has 2 aliphatic heterocycles. The maximum Gasteiger partial charge on any atom is 0.401 e. The van der Waals surface area contributed by atoms with Crippen LogP contribution < -0.4 is 5.32 Å². The number of alkyl halides is 3. The Morgan fingerprint density at radius 2 is 1.95 bits per heavy atom. The Labute approximate surface area is 123 Å². The predicted octanol–water partition coefficient (Wildman–Crippen LogP) is 1.95. The highest BCUT2D eigenvalue weighted by Crippen LogP contribution is 2.22. The summed E-state index contributed by atoms with van der Waals surface area (Å²) in [5, 5.41) is 2.88. The molecular formula is C14H23F3N2O2. The van der Waals surface area contributed by atoms with E-state index in [0.29, 0.717) is 38.9 Å². The number of halogens is 3. The third-order valence-electron chi connectivity index (χ3n) is 4.14. The topological polar surface area (TPSA) is 41.6 Å². The highest BCUT2D eigenvalue weighted by Gasteiger charge is 2.32. The lowest BCUT2D eigenvalue weighted by molar-refractivity contribution is -0.148. The molecule has 122 valence electrons. The number of hydrogen-bond donors (Lipinski definition) is 1. The second kappa shape index (κ2) is 7.45. The van der Waals surface area contributed by atoms with E-state index >= 15 is 0 Å². The van der Waals surface area contributed by atoms with Crippen LogP contribution in [0.15, 0.2) is 0 Å². The molecule has 21 heavy (non-hydrogen) atoms. The van der Waals surface area contributed by atoms with Crippen molar-refractivity contribution in [3.05, 3.63) is 0 Å². The minimum atomic E-state index is -4.12. The van der Waals surface area contributed by atoms with E-state index in [1.807, 2.05) is 0 Å². The highest BCUT2D eigenvalue weighted by atomic mass is 19.4. The summed E-state index contributed by atoms with van der Waals surface area (Å²) in [6.45, 7) is 1.36. The van der Waals surface area contributed by atoms with Crippen molar-refractivity contribution >= 4 is 5.91 Å². The molecule has 0 aromatic carbocycles. The molecule has 0 aromatic heterocycles. The molecule has 2 rings (SSSR count). The zero-order valence-electron chi connectivity index (χ0n) is 12.1. The average Bonchev–Trinajstić information content (AvgIpc) is 2.89. The van der Waals surface area contributed by atoms with Crippen molar-refractivity contribution in [1.29, 1.82) is 0 Å². The first-order chi connectivity index (χ1) is 9.92. The molecule has 1 N–H and O–H groups in total. The number of likely N-dealkylation sites (tertiary alicyclic amines) is 1. The highest BCUT2D eigenvalue weighted by molar-refractivity contribution is 5.76. The number of amides is 1. The summed E-state index contributed by atoms with van der Waals surface area (Å²) in [6, 6.07) is 0. The van der Waals surface area contributed by atoms with Gasteiger partial charge < -0.3 is 10.1 Å². The molecule has 2 aliphatic rings. The first-order valence-corrected chi connectivity index (χ1v) is 7.60. The second-order valence-corrected chi connectivity index (χ2v) is 5.98.